The molecule has 5 heteroatoms. The van der Waals surface area contributed by atoms with E-state index in [0.717, 1.165) is 6.07 Å². The summed E-state index contributed by atoms with van der Waals surface area (Å²) in [6.45, 7) is 0.927. The van der Waals surface area contributed by atoms with Crippen LogP contribution in [0.15, 0.2) is 18.2 Å². The summed E-state index contributed by atoms with van der Waals surface area (Å²) < 4.78 is 41.8. The molecule has 1 aliphatic rings. The minimum atomic E-state index is -2.95. The van der Waals surface area contributed by atoms with Crippen LogP contribution in [-0.4, -0.2) is 6.61 Å². The molecule has 2 N–H and O–H groups in total. The zero-order valence-electron chi connectivity index (χ0n) is 9.64. The van der Waals surface area contributed by atoms with Crippen molar-refractivity contribution in [3.63, 3.8) is 0 Å². The summed E-state index contributed by atoms with van der Waals surface area (Å²) in [5.74, 6) is -0.792. The Bertz CT molecular complexity index is 447. The fraction of sp³-hybridized carbons (Fsp3) is 0.500. The van der Waals surface area contributed by atoms with Crippen molar-refractivity contribution in [2.24, 2.45) is 11.1 Å². The molecule has 1 fully saturated rings. The summed E-state index contributed by atoms with van der Waals surface area (Å²) in [5.41, 5.74) is 5.54. The second-order valence-electron chi connectivity index (χ2n) is 5.05. The maximum atomic E-state index is 13.8. The van der Waals surface area contributed by atoms with Crippen LogP contribution in [0.5, 0.6) is 5.75 Å². The van der Waals surface area contributed by atoms with Crippen molar-refractivity contribution in [3.05, 3.63) is 29.6 Å². The highest BCUT2D eigenvalue weighted by Crippen LogP contribution is 2.60. The average Bonchev–Trinajstić information content (AvgIpc) is 2.64. The van der Waals surface area contributed by atoms with Crippen molar-refractivity contribution < 1.29 is 17.9 Å². The van der Waals surface area contributed by atoms with Gasteiger partial charge in [0, 0.05) is 17.2 Å². The molecule has 1 saturated carbocycles. The Kier molecular flexibility index (Phi) is 2.61. The minimum absolute atomic E-state index is 0.168. The van der Waals surface area contributed by atoms with Gasteiger partial charge in [-0.25, -0.2) is 4.39 Å². The van der Waals surface area contributed by atoms with Crippen LogP contribution in [0.3, 0.4) is 0 Å². The highest BCUT2D eigenvalue weighted by Gasteiger charge is 2.60. The lowest BCUT2D eigenvalue weighted by molar-refractivity contribution is -0.0500. The summed E-state index contributed by atoms with van der Waals surface area (Å²) in [5, 5.41) is 0. The van der Waals surface area contributed by atoms with Crippen LogP contribution in [0.2, 0.25) is 0 Å². The van der Waals surface area contributed by atoms with Crippen LogP contribution in [0, 0.1) is 11.2 Å². The van der Waals surface area contributed by atoms with E-state index in [1.165, 1.54) is 12.1 Å². The number of benzene rings is 1. The van der Waals surface area contributed by atoms with Crippen molar-refractivity contribution in [2.75, 3.05) is 0 Å². The number of hydrogen-bond acceptors (Lipinski definition) is 2. The van der Waals surface area contributed by atoms with Gasteiger partial charge in [0.1, 0.15) is 11.6 Å². The summed E-state index contributed by atoms with van der Waals surface area (Å²) in [6, 6.07) is 3.68. The van der Waals surface area contributed by atoms with Crippen LogP contribution in [-0.2, 0) is 5.54 Å². The van der Waals surface area contributed by atoms with Crippen molar-refractivity contribution in [2.45, 2.75) is 32.4 Å². The van der Waals surface area contributed by atoms with E-state index >= 15 is 0 Å². The smallest absolute Gasteiger partial charge is 0.387 e. The molecule has 94 valence electrons. The number of hydrogen-bond donors (Lipinski definition) is 1. The summed E-state index contributed by atoms with van der Waals surface area (Å²) in [6.07, 6.45) is 0.673. The van der Waals surface area contributed by atoms with Gasteiger partial charge in [-0.3, -0.25) is 0 Å². The highest BCUT2D eigenvalue weighted by molar-refractivity contribution is 5.39. The van der Waals surface area contributed by atoms with Gasteiger partial charge in [0.2, 0.25) is 0 Å². The Morgan fingerprint density at radius 2 is 1.94 bits per heavy atom. The van der Waals surface area contributed by atoms with Crippen LogP contribution >= 0.6 is 0 Å². The molecule has 17 heavy (non-hydrogen) atoms. The number of ether oxygens (including phenoxy) is 1. The topological polar surface area (TPSA) is 35.2 Å². The van der Waals surface area contributed by atoms with E-state index in [0.29, 0.717) is 12.0 Å². The molecule has 0 heterocycles. The fourth-order valence-corrected chi connectivity index (χ4v) is 2.15. The monoisotopic (exact) mass is 245 g/mol. The normalized spacial score (nSPS) is 26.1. The number of rotatable bonds is 3. The molecular weight excluding hydrogens is 231 g/mol. The van der Waals surface area contributed by atoms with Gasteiger partial charge in [-0.15, -0.1) is 0 Å². The first-order valence-electron chi connectivity index (χ1n) is 5.30. The predicted molar refractivity (Wildman–Crippen MR) is 57.3 cm³/mol. The van der Waals surface area contributed by atoms with Gasteiger partial charge in [0.25, 0.3) is 0 Å². The zero-order valence-corrected chi connectivity index (χ0v) is 9.64. The van der Waals surface area contributed by atoms with Crippen LogP contribution in [0.25, 0.3) is 0 Å². The molecule has 2 nitrogen and oxygen atoms in total. The van der Waals surface area contributed by atoms with E-state index in [-0.39, 0.29) is 11.2 Å². The predicted octanol–water partition coefficient (Wildman–Crippen LogP) is 3.01. The number of nitrogens with two attached hydrogens (primary N) is 1. The molecule has 1 aromatic carbocycles. The van der Waals surface area contributed by atoms with E-state index in [4.69, 9.17) is 5.73 Å². The van der Waals surface area contributed by atoms with Gasteiger partial charge in [0.15, 0.2) is 0 Å². The van der Waals surface area contributed by atoms with Crippen LogP contribution in [0.1, 0.15) is 25.8 Å². The van der Waals surface area contributed by atoms with E-state index in [9.17, 15) is 13.2 Å². The number of halogens is 3. The second kappa shape index (κ2) is 3.63. The van der Waals surface area contributed by atoms with Gasteiger partial charge in [-0.1, -0.05) is 19.9 Å². The lowest BCUT2D eigenvalue weighted by atomic mass is 9.96. The van der Waals surface area contributed by atoms with Crippen molar-refractivity contribution in [1.82, 2.24) is 0 Å². The van der Waals surface area contributed by atoms with Gasteiger partial charge >= 0.3 is 6.61 Å². The Morgan fingerprint density at radius 3 is 2.35 bits per heavy atom. The highest BCUT2D eigenvalue weighted by atomic mass is 19.3. The lowest BCUT2D eigenvalue weighted by Gasteiger charge is -2.17. The molecular formula is C12H14F3NO. The summed E-state index contributed by atoms with van der Waals surface area (Å²) in [7, 11) is 0. The van der Waals surface area contributed by atoms with E-state index in [1.54, 1.807) is 0 Å². The molecule has 1 aliphatic carbocycles. The Morgan fingerprint density at radius 1 is 1.35 bits per heavy atom. The maximum Gasteiger partial charge on any atom is 0.387 e. The molecule has 1 aromatic rings. The average molecular weight is 245 g/mol. The van der Waals surface area contributed by atoms with Crippen molar-refractivity contribution in [3.8, 4) is 5.75 Å². The molecule has 0 aliphatic heterocycles. The Labute approximate surface area is 97.6 Å². The maximum absolute atomic E-state index is 13.8. The largest absolute Gasteiger partial charge is 0.435 e. The molecule has 0 aromatic heterocycles. The van der Waals surface area contributed by atoms with E-state index in [1.807, 2.05) is 13.8 Å². The third-order valence-electron chi connectivity index (χ3n) is 3.45. The summed E-state index contributed by atoms with van der Waals surface area (Å²) in [4.78, 5) is 0. The molecule has 2 rings (SSSR count). The lowest BCUT2D eigenvalue weighted by Crippen LogP contribution is -2.26. The van der Waals surface area contributed by atoms with E-state index < -0.39 is 18.0 Å². The van der Waals surface area contributed by atoms with Gasteiger partial charge < -0.3 is 10.5 Å². The number of alkyl halides is 2. The minimum Gasteiger partial charge on any atom is -0.435 e. The molecule has 1 atom stereocenters. The van der Waals surface area contributed by atoms with Crippen molar-refractivity contribution in [1.29, 1.82) is 0 Å². The SMILES string of the molecule is CC1(C)CC1(N)c1ccc(OC(F)F)cc1F. The first-order chi connectivity index (χ1) is 7.76. The van der Waals surface area contributed by atoms with E-state index in [2.05, 4.69) is 4.74 Å². The Hall–Kier alpha value is -1.23. The third kappa shape index (κ3) is 1.99. The fourth-order valence-electron chi connectivity index (χ4n) is 2.15. The molecule has 0 saturated heterocycles. The summed E-state index contributed by atoms with van der Waals surface area (Å²) >= 11 is 0. The Balaban J connectivity index is 2.28. The quantitative estimate of drug-likeness (QED) is 0.888. The molecule has 0 bridgehead atoms. The van der Waals surface area contributed by atoms with Crippen LogP contribution in [0.4, 0.5) is 13.2 Å². The van der Waals surface area contributed by atoms with Gasteiger partial charge in [-0.2, -0.15) is 8.78 Å². The molecule has 0 spiro atoms. The van der Waals surface area contributed by atoms with Gasteiger partial charge in [0.05, 0.1) is 0 Å². The van der Waals surface area contributed by atoms with Crippen LogP contribution < -0.4 is 10.5 Å². The van der Waals surface area contributed by atoms with Gasteiger partial charge in [-0.05, 0) is 17.9 Å². The molecule has 1 unspecified atom stereocenters. The first kappa shape index (κ1) is 12.2. The van der Waals surface area contributed by atoms with Crippen molar-refractivity contribution >= 4 is 0 Å². The zero-order chi connectivity index (χ0) is 12.8. The second-order valence-corrected chi connectivity index (χ2v) is 5.05. The molecule has 0 radical (unpaired) electrons. The standard InChI is InChI=1S/C12H14F3NO/c1-11(2)6-12(11,16)8-4-3-7(5-9(8)13)17-10(14)15/h3-5,10H,6,16H2,1-2H3. The first-order valence-corrected chi connectivity index (χ1v) is 5.30. The molecule has 0 amide bonds. The third-order valence-corrected chi connectivity index (χ3v) is 3.45.